The first-order valence-corrected chi connectivity index (χ1v) is 9.41. The Labute approximate surface area is 154 Å². The first-order valence-electron chi connectivity index (χ1n) is 9.41. The lowest BCUT2D eigenvalue weighted by Crippen LogP contribution is -2.36. The van der Waals surface area contributed by atoms with E-state index < -0.39 is 0 Å². The van der Waals surface area contributed by atoms with Crippen LogP contribution in [0.15, 0.2) is 54.7 Å². The summed E-state index contributed by atoms with van der Waals surface area (Å²) in [7, 11) is 0. The zero-order valence-electron chi connectivity index (χ0n) is 15.0. The summed E-state index contributed by atoms with van der Waals surface area (Å²) in [5.41, 5.74) is 3.25. The van der Waals surface area contributed by atoms with Crippen LogP contribution in [0.5, 0.6) is 0 Å². The third kappa shape index (κ3) is 3.97. The van der Waals surface area contributed by atoms with Crippen molar-refractivity contribution in [1.29, 1.82) is 0 Å². The van der Waals surface area contributed by atoms with Gasteiger partial charge < -0.3 is 9.30 Å². The van der Waals surface area contributed by atoms with E-state index in [1.165, 1.54) is 23.4 Å². The van der Waals surface area contributed by atoms with Gasteiger partial charge >= 0.3 is 0 Å². The Morgan fingerprint density at radius 3 is 2.69 bits per heavy atom. The van der Waals surface area contributed by atoms with Crippen molar-refractivity contribution in [2.45, 2.75) is 19.4 Å². The van der Waals surface area contributed by atoms with Gasteiger partial charge in [0.05, 0.1) is 19.8 Å². The van der Waals surface area contributed by atoms with Crippen LogP contribution in [0.2, 0.25) is 0 Å². The van der Waals surface area contributed by atoms with Crippen molar-refractivity contribution in [3.63, 3.8) is 0 Å². The lowest BCUT2D eigenvalue weighted by Gasteiger charge is -2.26. The van der Waals surface area contributed by atoms with Gasteiger partial charge in [-0.25, -0.2) is 4.39 Å². The molecule has 0 unspecified atom stereocenters. The maximum Gasteiger partial charge on any atom is 0.128 e. The van der Waals surface area contributed by atoms with Gasteiger partial charge in [-0.2, -0.15) is 0 Å². The third-order valence-electron chi connectivity index (χ3n) is 5.18. The van der Waals surface area contributed by atoms with Crippen LogP contribution in [0, 0.1) is 5.82 Å². The van der Waals surface area contributed by atoms with Gasteiger partial charge in [0.2, 0.25) is 0 Å². The molecule has 3 aromatic rings. The Morgan fingerprint density at radius 1 is 1.00 bits per heavy atom. The largest absolute Gasteiger partial charge is 0.379 e. The van der Waals surface area contributed by atoms with Gasteiger partial charge in [0, 0.05) is 30.4 Å². The normalized spacial score (nSPS) is 15.6. The van der Waals surface area contributed by atoms with E-state index in [1.807, 2.05) is 12.1 Å². The Bertz CT molecular complexity index is 867. The molecule has 0 N–H and O–H groups in total. The second-order valence-corrected chi connectivity index (χ2v) is 6.99. The van der Waals surface area contributed by atoms with Gasteiger partial charge in [-0.15, -0.1) is 0 Å². The first-order chi connectivity index (χ1) is 12.8. The predicted octanol–water partition coefficient (Wildman–Crippen LogP) is 4.09. The number of aryl methyl sites for hydroxylation is 1. The SMILES string of the molecule is Fc1ccccc1Cn1ccc2cc(CCCN3CCOCC3)ccc21. The molecule has 1 aliphatic heterocycles. The zero-order valence-corrected chi connectivity index (χ0v) is 15.0. The molecule has 0 amide bonds. The van der Waals surface area contributed by atoms with Crippen molar-refractivity contribution < 1.29 is 9.13 Å². The van der Waals surface area contributed by atoms with E-state index in [9.17, 15) is 4.39 Å². The van der Waals surface area contributed by atoms with Gasteiger partial charge in [0.1, 0.15) is 5.82 Å². The number of morpholine rings is 1. The standard InChI is InChI=1S/C22H25FN2O/c23-21-6-2-1-5-20(21)17-25-11-9-19-16-18(7-8-22(19)25)4-3-10-24-12-14-26-15-13-24/h1-2,5-9,11,16H,3-4,10,12-15,17H2. The minimum absolute atomic E-state index is 0.144. The summed E-state index contributed by atoms with van der Waals surface area (Å²) in [5, 5.41) is 1.23. The fraction of sp³-hybridized carbons (Fsp3) is 0.364. The molecule has 2 heterocycles. The molecule has 2 aromatic carbocycles. The van der Waals surface area contributed by atoms with E-state index >= 15 is 0 Å². The number of ether oxygens (including phenoxy) is 1. The molecule has 1 fully saturated rings. The molecule has 4 heteroatoms. The van der Waals surface area contributed by atoms with E-state index in [-0.39, 0.29) is 5.82 Å². The Balaban J connectivity index is 1.41. The van der Waals surface area contributed by atoms with Crippen molar-refractivity contribution in [1.82, 2.24) is 9.47 Å². The Kier molecular flexibility index (Phi) is 5.32. The summed E-state index contributed by atoms with van der Waals surface area (Å²) in [5.74, 6) is -0.144. The van der Waals surface area contributed by atoms with Crippen molar-refractivity contribution >= 4 is 10.9 Å². The van der Waals surface area contributed by atoms with E-state index in [2.05, 4.69) is 39.9 Å². The summed E-state index contributed by atoms with van der Waals surface area (Å²) in [6.07, 6.45) is 4.31. The molecule has 0 radical (unpaired) electrons. The molecule has 0 atom stereocenters. The lowest BCUT2D eigenvalue weighted by molar-refractivity contribution is 0.0375. The van der Waals surface area contributed by atoms with E-state index in [4.69, 9.17) is 4.74 Å². The molecule has 0 bridgehead atoms. The van der Waals surface area contributed by atoms with Crippen LogP contribution in [0.1, 0.15) is 17.5 Å². The van der Waals surface area contributed by atoms with Gasteiger partial charge in [0.15, 0.2) is 0 Å². The van der Waals surface area contributed by atoms with Crippen LogP contribution in [-0.4, -0.2) is 42.3 Å². The molecule has 0 spiro atoms. The molecule has 1 aromatic heterocycles. The summed E-state index contributed by atoms with van der Waals surface area (Å²) in [4.78, 5) is 2.48. The maximum absolute atomic E-state index is 13.9. The number of nitrogens with zero attached hydrogens (tertiary/aromatic N) is 2. The van der Waals surface area contributed by atoms with Gasteiger partial charge in [-0.3, -0.25) is 4.90 Å². The van der Waals surface area contributed by atoms with Crippen LogP contribution in [0.25, 0.3) is 10.9 Å². The monoisotopic (exact) mass is 352 g/mol. The molecule has 26 heavy (non-hydrogen) atoms. The molecule has 3 nitrogen and oxygen atoms in total. The summed E-state index contributed by atoms with van der Waals surface area (Å²) in [6.45, 7) is 5.53. The van der Waals surface area contributed by atoms with Gasteiger partial charge in [-0.05, 0) is 54.6 Å². The minimum atomic E-state index is -0.144. The molecular weight excluding hydrogens is 327 g/mol. The molecule has 1 saturated heterocycles. The zero-order chi connectivity index (χ0) is 17.8. The highest BCUT2D eigenvalue weighted by Crippen LogP contribution is 2.21. The highest BCUT2D eigenvalue weighted by Gasteiger charge is 2.10. The number of hydrogen-bond donors (Lipinski definition) is 0. The highest BCUT2D eigenvalue weighted by molar-refractivity contribution is 5.81. The fourth-order valence-electron chi connectivity index (χ4n) is 3.68. The molecule has 1 aliphatic rings. The van der Waals surface area contributed by atoms with Crippen molar-refractivity contribution in [3.8, 4) is 0 Å². The van der Waals surface area contributed by atoms with Crippen LogP contribution in [0.4, 0.5) is 4.39 Å². The third-order valence-corrected chi connectivity index (χ3v) is 5.18. The number of fused-ring (bicyclic) bond motifs is 1. The molecular formula is C22H25FN2O. The second kappa shape index (κ2) is 8.02. The molecule has 136 valence electrons. The fourth-order valence-corrected chi connectivity index (χ4v) is 3.68. The quantitative estimate of drug-likeness (QED) is 0.665. The molecule has 4 rings (SSSR count). The van der Waals surface area contributed by atoms with Crippen LogP contribution < -0.4 is 0 Å². The number of aromatic nitrogens is 1. The number of halogens is 1. The summed E-state index contributed by atoms with van der Waals surface area (Å²) in [6, 6.07) is 15.8. The first kappa shape index (κ1) is 17.3. The topological polar surface area (TPSA) is 17.4 Å². The predicted molar refractivity (Wildman–Crippen MR) is 103 cm³/mol. The van der Waals surface area contributed by atoms with Crippen molar-refractivity contribution in [2.24, 2.45) is 0 Å². The maximum atomic E-state index is 13.9. The summed E-state index contributed by atoms with van der Waals surface area (Å²) >= 11 is 0. The van der Waals surface area contributed by atoms with Crippen molar-refractivity contribution in [2.75, 3.05) is 32.8 Å². The van der Waals surface area contributed by atoms with E-state index in [0.29, 0.717) is 6.54 Å². The Hall–Kier alpha value is -2.17. The Morgan fingerprint density at radius 2 is 1.85 bits per heavy atom. The lowest BCUT2D eigenvalue weighted by atomic mass is 10.1. The summed E-state index contributed by atoms with van der Waals surface area (Å²) < 4.78 is 21.4. The van der Waals surface area contributed by atoms with Crippen LogP contribution in [-0.2, 0) is 17.7 Å². The van der Waals surface area contributed by atoms with Crippen LogP contribution >= 0.6 is 0 Å². The number of hydrogen-bond acceptors (Lipinski definition) is 2. The number of benzene rings is 2. The van der Waals surface area contributed by atoms with E-state index in [0.717, 1.165) is 50.3 Å². The smallest absolute Gasteiger partial charge is 0.128 e. The highest BCUT2D eigenvalue weighted by atomic mass is 19.1. The average Bonchev–Trinajstić information content (AvgIpc) is 3.07. The van der Waals surface area contributed by atoms with E-state index in [1.54, 1.807) is 6.07 Å². The second-order valence-electron chi connectivity index (χ2n) is 6.99. The minimum Gasteiger partial charge on any atom is -0.379 e. The molecule has 0 saturated carbocycles. The van der Waals surface area contributed by atoms with Gasteiger partial charge in [-0.1, -0.05) is 24.3 Å². The average molecular weight is 352 g/mol. The van der Waals surface area contributed by atoms with Gasteiger partial charge in [0.25, 0.3) is 0 Å². The van der Waals surface area contributed by atoms with Crippen molar-refractivity contribution in [3.05, 3.63) is 71.7 Å². The number of rotatable bonds is 6. The molecule has 0 aliphatic carbocycles. The van der Waals surface area contributed by atoms with Crippen LogP contribution in [0.3, 0.4) is 0 Å².